The zero-order valence-electron chi connectivity index (χ0n) is 8.21. The molecule has 0 atom stereocenters. The van der Waals surface area contributed by atoms with Gasteiger partial charge in [0, 0.05) is 11.5 Å². The Morgan fingerprint density at radius 1 is 1.31 bits per heavy atom. The highest BCUT2D eigenvalue weighted by molar-refractivity contribution is 9.10. The lowest BCUT2D eigenvalue weighted by molar-refractivity contribution is 0.585. The van der Waals surface area contributed by atoms with E-state index in [0.29, 0.717) is 4.47 Å². The molecule has 0 saturated carbocycles. The number of nitrogens with zero attached hydrogens (tertiary/aromatic N) is 3. The molecule has 4 nitrogen and oxygen atoms in total. The number of rotatable bonds is 1. The second kappa shape index (κ2) is 3.82. The number of halogens is 3. The summed E-state index contributed by atoms with van der Waals surface area (Å²) in [6.45, 7) is 0. The second-order valence-electron chi connectivity index (χ2n) is 3.16. The zero-order valence-corrected chi connectivity index (χ0v) is 9.79. The van der Waals surface area contributed by atoms with E-state index in [-0.39, 0.29) is 17.3 Å². The van der Waals surface area contributed by atoms with Crippen LogP contribution in [-0.2, 0) is 7.05 Å². The molecule has 0 amide bonds. The average Bonchev–Trinajstić information content (AvgIpc) is 2.44. The highest BCUT2D eigenvalue weighted by Gasteiger charge is 2.17. The summed E-state index contributed by atoms with van der Waals surface area (Å²) in [5.41, 5.74) is 5.16. The maximum Gasteiger partial charge on any atom is 0.218 e. The van der Waals surface area contributed by atoms with Crippen LogP contribution in [0.3, 0.4) is 0 Å². The molecule has 0 fully saturated rings. The van der Waals surface area contributed by atoms with Crippen molar-refractivity contribution in [3.8, 4) is 11.4 Å². The van der Waals surface area contributed by atoms with Crippen molar-refractivity contribution in [2.45, 2.75) is 0 Å². The summed E-state index contributed by atoms with van der Waals surface area (Å²) in [4.78, 5) is 3.77. The number of aromatic nitrogens is 3. The van der Waals surface area contributed by atoms with Crippen molar-refractivity contribution >= 4 is 21.9 Å². The van der Waals surface area contributed by atoms with Crippen LogP contribution in [-0.4, -0.2) is 14.8 Å². The van der Waals surface area contributed by atoms with Gasteiger partial charge in [-0.3, -0.25) is 0 Å². The molecular weight excluding hydrogens is 282 g/mol. The quantitative estimate of drug-likeness (QED) is 0.874. The first-order valence-electron chi connectivity index (χ1n) is 4.30. The molecule has 2 aromatic rings. The van der Waals surface area contributed by atoms with Gasteiger partial charge in [0.05, 0.1) is 5.56 Å². The van der Waals surface area contributed by atoms with Gasteiger partial charge in [-0.05, 0) is 12.1 Å². The molecule has 1 aromatic carbocycles. The third-order valence-electron chi connectivity index (χ3n) is 2.03. The van der Waals surface area contributed by atoms with Crippen molar-refractivity contribution in [1.82, 2.24) is 14.8 Å². The van der Waals surface area contributed by atoms with Crippen molar-refractivity contribution in [2.24, 2.45) is 7.05 Å². The van der Waals surface area contributed by atoms with Crippen LogP contribution in [0.25, 0.3) is 11.4 Å². The number of aryl methyl sites for hydroxylation is 1. The van der Waals surface area contributed by atoms with Crippen molar-refractivity contribution in [3.05, 3.63) is 28.2 Å². The van der Waals surface area contributed by atoms with Crippen LogP contribution in [0, 0.1) is 11.6 Å². The fourth-order valence-corrected chi connectivity index (χ4v) is 1.66. The zero-order chi connectivity index (χ0) is 11.9. The second-order valence-corrected chi connectivity index (χ2v) is 4.08. The lowest BCUT2D eigenvalue weighted by Gasteiger charge is -2.00. The fourth-order valence-electron chi connectivity index (χ4n) is 1.26. The molecule has 1 aromatic heterocycles. The number of hydrogen-bond donors (Lipinski definition) is 1. The van der Waals surface area contributed by atoms with Gasteiger partial charge in [0.15, 0.2) is 5.82 Å². The van der Waals surface area contributed by atoms with E-state index < -0.39 is 11.6 Å². The van der Waals surface area contributed by atoms with Crippen LogP contribution in [0.1, 0.15) is 0 Å². The summed E-state index contributed by atoms with van der Waals surface area (Å²) in [5.74, 6) is -1.45. The summed E-state index contributed by atoms with van der Waals surface area (Å²) in [7, 11) is 1.54. The highest BCUT2D eigenvalue weighted by Crippen LogP contribution is 2.27. The Hall–Kier alpha value is -1.50. The van der Waals surface area contributed by atoms with Crippen LogP contribution in [0.5, 0.6) is 0 Å². The maximum absolute atomic E-state index is 13.5. The van der Waals surface area contributed by atoms with E-state index in [1.807, 2.05) is 0 Å². The molecule has 0 bridgehead atoms. The number of benzene rings is 1. The van der Waals surface area contributed by atoms with Crippen LogP contribution >= 0.6 is 15.9 Å². The van der Waals surface area contributed by atoms with Crippen molar-refractivity contribution in [2.75, 3.05) is 5.73 Å². The predicted molar refractivity (Wildman–Crippen MR) is 58.5 cm³/mol. The molecule has 0 aliphatic heterocycles. The maximum atomic E-state index is 13.5. The molecule has 0 aliphatic rings. The van der Waals surface area contributed by atoms with Gasteiger partial charge in [0.2, 0.25) is 5.95 Å². The summed E-state index contributed by atoms with van der Waals surface area (Å²) in [6.07, 6.45) is 0. The smallest absolute Gasteiger partial charge is 0.218 e. The summed E-state index contributed by atoms with van der Waals surface area (Å²) >= 11 is 2.99. The Morgan fingerprint density at radius 2 is 1.88 bits per heavy atom. The lowest BCUT2D eigenvalue weighted by Crippen LogP contribution is -1.97. The van der Waals surface area contributed by atoms with Gasteiger partial charge >= 0.3 is 0 Å². The van der Waals surface area contributed by atoms with Gasteiger partial charge in [0.1, 0.15) is 11.6 Å². The van der Waals surface area contributed by atoms with Crippen molar-refractivity contribution in [3.63, 3.8) is 0 Å². The van der Waals surface area contributed by atoms with Crippen LogP contribution < -0.4 is 5.73 Å². The number of anilines is 1. The van der Waals surface area contributed by atoms with E-state index in [2.05, 4.69) is 26.0 Å². The Balaban J connectivity index is 2.64. The Morgan fingerprint density at radius 3 is 2.31 bits per heavy atom. The number of nitrogens with two attached hydrogens (primary N) is 1. The molecule has 84 valence electrons. The number of hydrogen-bond acceptors (Lipinski definition) is 3. The SMILES string of the molecule is Cn1nc(-c2c(F)cc(Br)cc2F)nc1N. The third kappa shape index (κ3) is 1.78. The lowest BCUT2D eigenvalue weighted by atomic mass is 10.2. The minimum Gasteiger partial charge on any atom is -0.368 e. The topological polar surface area (TPSA) is 56.7 Å². The van der Waals surface area contributed by atoms with E-state index in [9.17, 15) is 8.78 Å². The molecule has 16 heavy (non-hydrogen) atoms. The monoisotopic (exact) mass is 288 g/mol. The minimum atomic E-state index is -0.738. The molecule has 2 rings (SSSR count). The number of nitrogen functional groups attached to an aromatic ring is 1. The molecule has 0 saturated heterocycles. The first-order chi connectivity index (χ1) is 7.49. The van der Waals surface area contributed by atoms with Gasteiger partial charge in [-0.2, -0.15) is 4.98 Å². The van der Waals surface area contributed by atoms with Crippen molar-refractivity contribution in [1.29, 1.82) is 0 Å². The summed E-state index contributed by atoms with van der Waals surface area (Å²) < 4.78 is 28.6. The molecular formula is C9H7BrF2N4. The summed E-state index contributed by atoms with van der Waals surface area (Å²) in [5, 5.41) is 3.82. The normalized spacial score (nSPS) is 10.8. The average molecular weight is 289 g/mol. The Kier molecular flexibility index (Phi) is 2.63. The Labute approximate surface area is 98.2 Å². The third-order valence-corrected chi connectivity index (χ3v) is 2.49. The van der Waals surface area contributed by atoms with Crippen LogP contribution in [0.2, 0.25) is 0 Å². The minimum absolute atomic E-state index is 0.0671. The van der Waals surface area contributed by atoms with Crippen molar-refractivity contribution < 1.29 is 8.78 Å². The molecule has 0 unspecified atom stereocenters. The van der Waals surface area contributed by atoms with E-state index in [4.69, 9.17) is 5.73 Å². The summed E-state index contributed by atoms with van der Waals surface area (Å²) in [6, 6.07) is 2.29. The van der Waals surface area contributed by atoms with Crippen LogP contribution in [0.4, 0.5) is 14.7 Å². The van der Waals surface area contributed by atoms with E-state index in [0.717, 1.165) is 12.1 Å². The molecule has 0 aliphatic carbocycles. The Bertz CT molecular complexity index is 510. The van der Waals surface area contributed by atoms with Gasteiger partial charge in [-0.15, -0.1) is 5.10 Å². The van der Waals surface area contributed by atoms with E-state index in [1.165, 1.54) is 4.68 Å². The fraction of sp³-hybridized carbons (Fsp3) is 0.111. The first kappa shape index (κ1) is 11.0. The molecule has 2 N–H and O–H groups in total. The van der Waals surface area contributed by atoms with Gasteiger partial charge in [-0.1, -0.05) is 15.9 Å². The van der Waals surface area contributed by atoms with Crippen LogP contribution in [0.15, 0.2) is 16.6 Å². The van der Waals surface area contributed by atoms with Gasteiger partial charge < -0.3 is 5.73 Å². The van der Waals surface area contributed by atoms with Gasteiger partial charge in [-0.25, -0.2) is 13.5 Å². The first-order valence-corrected chi connectivity index (χ1v) is 5.09. The van der Waals surface area contributed by atoms with E-state index in [1.54, 1.807) is 7.05 Å². The standard InChI is InChI=1S/C9H7BrF2N4/c1-16-9(13)14-8(15-16)7-5(11)2-4(10)3-6(7)12/h2-3H,1H3,(H2,13,14,15). The van der Waals surface area contributed by atoms with Gasteiger partial charge in [0.25, 0.3) is 0 Å². The molecule has 0 spiro atoms. The molecule has 0 radical (unpaired) electrons. The molecule has 1 heterocycles. The largest absolute Gasteiger partial charge is 0.368 e. The van der Waals surface area contributed by atoms with E-state index >= 15 is 0 Å². The highest BCUT2D eigenvalue weighted by atomic mass is 79.9. The predicted octanol–water partition coefficient (Wildman–Crippen LogP) is 2.10. The molecule has 7 heteroatoms.